The molecule has 7 heteroatoms. The number of methoxy groups -OCH3 is 1. The van der Waals surface area contributed by atoms with E-state index in [1.165, 1.54) is 38.3 Å². The van der Waals surface area contributed by atoms with Gasteiger partial charge in [0.25, 0.3) is 0 Å². The van der Waals surface area contributed by atoms with E-state index in [9.17, 15) is 18.0 Å². The fourth-order valence-electron chi connectivity index (χ4n) is 2.58. The second kappa shape index (κ2) is 8.14. The number of Topliss-reactive ketones (excluding diaryl/α,β-unsaturated/α-hetero) is 1. The Morgan fingerprint density at radius 2 is 1.69 bits per heavy atom. The van der Waals surface area contributed by atoms with Crippen LogP contribution in [0.5, 0.6) is 5.75 Å². The largest absolute Gasteiger partial charge is 0.495 e. The number of carbonyl (C=O) groups is 2. The van der Waals surface area contributed by atoms with E-state index in [0.717, 1.165) is 0 Å². The van der Waals surface area contributed by atoms with Gasteiger partial charge in [-0.25, -0.2) is 13.2 Å². The third kappa shape index (κ3) is 4.11. The Bertz CT molecular complexity index is 917. The van der Waals surface area contributed by atoms with Gasteiger partial charge in [0.1, 0.15) is 11.3 Å². The van der Waals surface area contributed by atoms with E-state index >= 15 is 0 Å². The summed E-state index contributed by atoms with van der Waals surface area (Å²) in [5.74, 6) is -1.42. The van der Waals surface area contributed by atoms with Gasteiger partial charge in [0, 0.05) is 0 Å². The van der Waals surface area contributed by atoms with Crippen molar-refractivity contribution in [3.05, 3.63) is 59.2 Å². The summed E-state index contributed by atoms with van der Waals surface area (Å²) in [6.45, 7) is 3.09. The lowest BCUT2D eigenvalue weighted by molar-refractivity contribution is 0.0521. The molecule has 0 amide bonds. The molecule has 0 spiro atoms. The third-order valence-electron chi connectivity index (χ3n) is 3.75. The number of ketones is 1. The molecule has 0 aliphatic carbocycles. The minimum absolute atomic E-state index is 0.0247. The molecule has 0 aliphatic rings. The molecule has 2 aromatic carbocycles. The van der Waals surface area contributed by atoms with E-state index in [2.05, 4.69) is 0 Å². The number of ether oxygens (including phenoxy) is 2. The van der Waals surface area contributed by atoms with Crippen LogP contribution in [0, 0.1) is 0 Å². The molecular formula is C19H20O6S. The monoisotopic (exact) mass is 376 g/mol. The van der Waals surface area contributed by atoms with E-state index in [1.807, 2.05) is 0 Å². The Balaban J connectivity index is 2.61. The highest BCUT2D eigenvalue weighted by Gasteiger charge is 2.26. The predicted molar refractivity (Wildman–Crippen MR) is 96.3 cm³/mol. The first-order valence-corrected chi connectivity index (χ1v) is 9.62. The van der Waals surface area contributed by atoms with Crippen LogP contribution in [-0.2, 0) is 20.3 Å². The van der Waals surface area contributed by atoms with Crippen LogP contribution in [0.1, 0.15) is 40.1 Å². The summed E-state index contributed by atoms with van der Waals surface area (Å²) in [5.41, 5.74) is 0.368. The quantitative estimate of drug-likeness (QED) is 0.545. The third-order valence-corrected chi connectivity index (χ3v) is 5.44. The Hall–Kier alpha value is -2.67. The van der Waals surface area contributed by atoms with Crippen LogP contribution in [0.25, 0.3) is 0 Å². The van der Waals surface area contributed by atoms with E-state index < -0.39 is 21.6 Å². The van der Waals surface area contributed by atoms with Gasteiger partial charge in [-0.15, -0.1) is 0 Å². The summed E-state index contributed by atoms with van der Waals surface area (Å²) in [6.07, 6.45) is 0. The van der Waals surface area contributed by atoms with Gasteiger partial charge in [-0.1, -0.05) is 24.3 Å². The van der Waals surface area contributed by atoms with Gasteiger partial charge >= 0.3 is 5.97 Å². The molecule has 2 rings (SSSR count). The van der Waals surface area contributed by atoms with Crippen LogP contribution in [0.15, 0.2) is 47.4 Å². The number of rotatable bonds is 7. The molecule has 0 saturated carbocycles. The van der Waals surface area contributed by atoms with Crippen molar-refractivity contribution in [2.45, 2.75) is 24.5 Å². The van der Waals surface area contributed by atoms with Crippen molar-refractivity contribution in [3.8, 4) is 5.75 Å². The van der Waals surface area contributed by atoms with Gasteiger partial charge < -0.3 is 9.47 Å². The lowest BCUT2D eigenvalue weighted by atomic mass is 10.0. The molecule has 0 aliphatic heterocycles. The maximum atomic E-state index is 12.7. The smallest absolute Gasteiger partial charge is 0.342 e. The molecule has 26 heavy (non-hydrogen) atoms. The molecule has 0 fully saturated rings. The molecule has 0 aromatic heterocycles. The summed E-state index contributed by atoms with van der Waals surface area (Å²) in [7, 11) is -2.37. The Labute approximate surface area is 152 Å². The fraction of sp³-hybridized carbons (Fsp3) is 0.263. The zero-order valence-corrected chi connectivity index (χ0v) is 15.6. The van der Waals surface area contributed by atoms with Crippen molar-refractivity contribution in [1.29, 1.82) is 0 Å². The second-order valence-corrected chi connectivity index (χ2v) is 7.52. The number of hydrogen-bond acceptors (Lipinski definition) is 6. The summed E-state index contributed by atoms with van der Waals surface area (Å²) in [5, 5.41) is 0. The maximum absolute atomic E-state index is 12.7. The molecule has 0 N–H and O–H groups in total. The second-order valence-electron chi connectivity index (χ2n) is 5.53. The molecule has 0 unspecified atom stereocenters. The van der Waals surface area contributed by atoms with E-state index in [0.29, 0.717) is 0 Å². The van der Waals surface area contributed by atoms with Crippen molar-refractivity contribution >= 4 is 21.6 Å². The summed E-state index contributed by atoms with van der Waals surface area (Å²) in [4.78, 5) is 24.4. The van der Waals surface area contributed by atoms with E-state index in [1.54, 1.807) is 25.1 Å². The first kappa shape index (κ1) is 19.7. The highest BCUT2D eigenvalue weighted by Crippen LogP contribution is 2.31. The van der Waals surface area contributed by atoms with Gasteiger partial charge in [0.2, 0.25) is 0 Å². The average molecular weight is 376 g/mol. The molecule has 0 atom stereocenters. The number of carbonyl (C=O) groups excluding carboxylic acids is 2. The zero-order valence-electron chi connectivity index (χ0n) is 14.8. The molecule has 0 bridgehead atoms. The predicted octanol–water partition coefficient (Wildman–Crippen LogP) is 3.05. The van der Waals surface area contributed by atoms with E-state index in [4.69, 9.17) is 9.47 Å². The standard InChI is InChI=1S/C19H20O6S/c1-4-25-19(21)17-14(10-11-16(13(2)20)18(17)24-3)12-26(22,23)15-8-6-5-7-9-15/h5-11H,4,12H2,1-3H3. The lowest BCUT2D eigenvalue weighted by Gasteiger charge is -2.16. The zero-order chi connectivity index (χ0) is 19.3. The molecule has 6 nitrogen and oxygen atoms in total. The van der Waals surface area contributed by atoms with Crippen molar-refractivity contribution in [1.82, 2.24) is 0 Å². The summed E-state index contributed by atoms with van der Waals surface area (Å²) in [6, 6.07) is 10.8. The number of hydrogen-bond donors (Lipinski definition) is 0. The first-order valence-electron chi connectivity index (χ1n) is 7.97. The van der Waals surface area contributed by atoms with Crippen LogP contribution in [0.3, 0.4) is 0 Å². The average Bonchev–Trinajstić information content (AvgIpc) is 2.61. The Kier molecular flexibility index (Phi) is 6.15. The van der Waals surface area contributed by atoms with Crippen LogP contribution in [0.4, 0.5) is 0 Å². The van der Waals surface area contributed by atoms with Crippen molar-refractivity contribution in [2.24, 2.45) is 0 Å². The van der Waals surface area contributed by atoms with Gasteiger partial charge in [-0.2, -0.15) is 0 Å². The van der Waals surface area contributed by atoms with Crippen LogP contribution in [0.2, 0.25) is 0 Å². The summed E-state index contributed by atoms with van der Waals surface area (Å²) >= 11 is 0. The highest BCUT2D eigenvalue weighted by atomic mass is 32.2. The number of esters is 1. The normalized spacial score (nSPS) is 11.0. The Morgan fingerprint density at radius 3 is 2.23 bits per heavy atom. The van der Waals surface area contributed by atoms with Crippen molar-refractivity contribution in [3.63, 3.8) is 0 Å². The molecule has 0 saturated heterocycles. The molecule has 0 heterocycles. The summed E-state index contributed by atoms with van der Waals surface area (Å²) < 4.78 is 35.7. The minimum atomic E-state index is -3.69. The molecule has 2 aromatic rings. The maximum Gasteiger partial charge on any atom is 0.342 e. The van der Waals surface area contributed by atoms with Crippen LogP contribution < -0.4 is 4.74 Å². The van der Waals surface area contributed by atoms with Crippen LogP contribution in [-0.4, -0.2) is 33.9 Å². The van der Waals surface area contributed by atoms with Gasteiger partial charge in [-0.05, 0) is 37.6 Å². The van der Waals surface area contributed by atoms with Gasteiger partial charge in [0.05, 0.1) is 29.9 Å². The molecule has 0 radical (unpaired) electrons. The van der Waals surface area contributed by atoms with Crippen molar-refractivity contribution in [2.75, 3.05) is 13.7 Å². The topological polar surface area (TPSA) is 86.7 Å². The lowest BCUT2D eigenvalue weighted by Crippen LogP contribution is -2.15. The van der Waals surface area contributed by atoms with E-state index in [-0.39, 0.29) is 39.7 Å². The first-order chi connectivity index (χ1) is 12.3. The SMILES string of the molecule is CCOC(=O)c1c(CS(=O)(=O)c2ccccc2)ccc(C(C)=O)c1OC. The number of sulfone groups is 1. The highest BCUT2D eigenvalue weighted by molar-refractivity contribution is 7.90. The molecular weight excluding hydrogens is 356 g/mol. The fourth-order valence-corrected chi connectivity index (χ4v) is 3.96. The van der Waals surface area contributed by atoms with Crippen LogP contribution >= 0.6 is 0 Å². The van der Waals surface area contributed by atoms with Gasteiger partial charge in [-0.3, -0.25) is 4.79 Å². The Morgan fingerprint density at radius 1 is 1.04 bits per heavy atom. The minimum Gasteiger partial charge on any atom is -0.495 e. The van der Waals surface area contributed by atoms with Gasteiger partial charge in [0.15, 0.2) is 15.6 Å². The van der Waals surface area contributed by atoms with Crippen molar-refractivity contribution < 1.29 is 27.5 Å². The number of benzene rings is 2. The molecule has 138 valence electrons.